The van der Waals surface area contributed by atoms with Crippen LogP contribution in [0.1, 0.15) is 20.8 Å². The molecule has 0 aliphatic carbocycles. The molecule has 0 spiro atoms. The highest BCUT2D eigenvalue weighted by Crippen LogP contribution is 2.05. The summed E-state index contributed by atoms with van der Waals surface area (Å²) in [5, 5.41) is 16.7. The minimum atomic E-state index is -0.792. The number of hydrogen-bond acceptors (Lipinski definition) is 5. The zero-order valence-electron chi connectivity index (χ0n) is 6.47. The first kappa shape index (κ1) is 12.3. The van der Waals surface area contributed by atoms with E-state index < -0.39 is 10.7 Å². The topological polar surface area (TPSA) is 102 Å². The van der Waals surface area contributed by atoms with Crippen LogP contribution in [-0.2, 0) is 4.84 Å². The van der Waals surface area contributed by atoms with Crippen LogP contribution in [0.4, 0.5) is 0 Å². The Bertz CT molecular complexity index is 129. The first-order chi connectivity index (χ1) is 4.83. The van der Waals surface area contributed by atoms with Crippen molar-refractivity contribution < 1.29 is 15.1 Å². The van der Waals surface area contributed by atoms with Gasteiger partial charge in [0.25, 0.3) is 5.09 Å². The molecule has 0 aromatic heterocycles. The standard InChI is InChI=1S/C4H9NO3.HNO2/c1-4(2,3)8-5(6)7;2-1-3/h1-3H3;(H,2,3). The van der Waals surface area contributed by atoms with Gasteiger partial charge in [0.05, 0.1) is 0 Å². The lowest BCUT2D eigenvalue weighted by atomic mass is 10.2. The van der Waals surface area contributed by atoms with Crippen LogP contribution in [0.25, 0.3) is 0 Å². The summed E-state index contributed by atoms with van der Waals surface area (Å²) in [6.07, 6.45) is 0. The van der Waals surface area contributed by atoms with E-state index >= 15 is 0 Å². The van der Waals surface area contributed by atoms with E-state index in [0.717, 1.165) is 0 Å². The maximum atomic E-state index is 9.60. The van der Waals surface area contributed by atoms with Gasteiger partial charge in [-0.05, 0) is 20.8 Å². The van der Waals surface area contributed by atoms with Crippen molar-refractivity contribution in [2.75, 3.05) is 0 Å². The minimum Gasteiger partial charge on any atom is -0.379 e. The van der Waals surface area contributed by atoms with E-state index in [9.17, 15) is 10.1 Å². The molecular formula is C4H10N2O5. The summed E-state index contributed by atoms with van der Waals surface area (Å²) in [6, 6.07) is 0. The lowest BCUT2D eigenvalue weighted by Gasteiger charge is -2.13. The molecule has 0 fully saturated rings. The quantitative estimate of drug-likeness (QED) is 0.357. The van der Waals surface area contributed by atoms with Gasteiger partial charge in [0.1, 0.15) is 5.60 Å². The molecule has 0 atom stereocenters. The van der Waals surface area contributed by atoms with Gasteiger partial charge in [-0.3, -0.25) is 0 Å². The van der Waals surface area contributed by atoms with Gasteiger partial charge in [0.15, 0.2) is 5.34 Å². The second kappa shape index (κ2) is 5.39. The third-order valence-electron chi connectivity index (χ3n) is 0.348. The average molecular weight is 166 g/mol. The van der Waals surface area contributed by atoms with Gasteiger partial charge in [-0.2, -0.15) is 0 Å². The van der Waals surface area contributed by atoms with Crippen LogP contribution in [0, 0.1) is 15.0 Å². The van der Waals surface area contributed by atoms with Gasteiger partial charge in [-0.15, -0.1) is 15.0 Å². The van der Waals surface area contributed by atoms with Crippen LogP contribution < -0.4 is 0 Å². The predicted molar refractivity (Wildman–Crippen MR) is 35.4 cm³/mol. The lowest BCUT2D eigenvalue weighted by molar-refractivity contribution is -0.778. The molecule has 0 aliphatic rings. The van der Waals surface area contributed by atoms with Gasteiger partial charge < -0.3 is 10.0 Å². The second-order valence-electron chi connectivity index (χ2n) is 2.51. The summed E-state index contributed by atoms with van der Waals surface area (Å²) in [7, 11) is 0. The smallest absolute Gasteiger partial charge is 0.295 e. The molecule has 0 saturated heterocycles. The zero-order chi connectivity index (χ0) is 9.49. The Kier molecular flexibility index (Phi) is 6.02. The molecule has 0 unspecified atom stereocenters. The highest BCUT2D eigenvalue weighted by molar-refractivity contribution is 4.53. The maximum absolute atomic E-state index is 9.60. The summed E-state index contributed by atoms with van der Waals surface area (Å²) in [4.78, 5) is 21.9. The Labute approximate surface area is 63.0 Å². The predicted octanol–water partition coefficient (Wildman–Crippen LogP) is 1.14. The van der Waals surface area contributed by atoms with E-state index in [1.54, 1.807) is 20.8 Å². The maximum Gasteiger partial charge on any atom is 0.295 e. The van der Waals surface area contributed by atoms with Crippen molar-refractivity contribution in [2.24, 2.45) is 5.34 Å². The molecule has 0 amide bonds. The van der Waals surface area contributed by atoms with Crippen molar-refractivity contribution in [3.63, 3.8) is 0 Å². The van der Waals surface area contributed by atoms with Crippen molar-refractivity contribution in [1.82, 2.24) is 0 Å². The van der Waals surface area contributed by atoms with Crippen LogP contribution in [0.3, 0.4) is 0 Å². The van der Waals surface area contributed by atoms with E-state index in [1.165, 1.54) is 5.34 Å². The fourth-order valence-corrected chi connectivity index (χ4v) is 0.224. The molecule has 0 bridgehead atoms. The molecule has 0 rings (SSSR count). The van der Waals surface area contributed by atoms with Crippen LogP contribution >= 0.6 is 0 Å². The van der Waals surface area contributed by atoms with Crippen LogP contribution in [-0.4, -0.2) is 15.9 Å². The molecule has 0 aliphatic heterocycles. The molecule has 0 heterocycles. The molecule has 1 N–H and O–H groups in total. The van der Waals surface area contributed by atoms with E-state index in [0.29, 0.717) is 0 Å². The summed E-state index contributed by atoms with van der Waals surface area (Å²) in [5.74, 6) is 0. The molecule has 0 radical (unpaired) electrons. The largest absolute Gasteiger partial charge is 0.379 e. The van der Waals surface area contributed by atoms with Crippen LogP contribution in [0.2, 0.25) is 0 Å². The summed E-state index contributed by atoms with van der Waals surface area (Å²) in [6.45, 7) is 4.86. The van der Waals surface area contributed by atoms with Crippen LogP contribution in [0.5, 0.6) is 0 Å². The van der Waals surface area contributed by atoms with E-state index in [1.807, 2.05) is 0 Å². The third kappa shape index (κ3) is 28.9. The van der Waals surface area contributed by atoms with Crippen molar-refractivity contribution in [3.8, 4) is 0 Å². The SMILES string of the molecule is CC(C)(C)O[N+](=O)[O-].O=NO. The summed E-state index contributed by atoms with van der Waals surface area (Å²) < 4.78 is 0. The average Bonchev–Trinajstić information content (AvgIpc) is 1.57. The number of nitrogens with zero attached hydrogens (tertiary/aromatic N) is 2. The zero-order valence-corrected chi connectivity index (χ0v) is 6.47. The molecule has 7 heteroatoms. The van der Waals surface area contributed by atoms with E-state index in [2.05, 4.69) is 4.84 Å². The van der Waals surface area contributed by atoms with Gasteiger partial charge in [-0.1, -0.05) is 0 Å². The molecular weight excluding hydrogens is 156 g/mol. The Morgan fingerprint density at radius 1 is 1.55 bits per heavy atom. The Morgan fingerprint density at radius 3 is 1.82 bits per heavy atom. The van der Waals surface area contributed by atoms with E-state index in [4.69, 9.17) is 10.1 Å². The fraction of sp³-hybridized carbons (Fsp3) is 1.00. The number of hydrogen-bond donors (Lipinski definition) is 1. The van der Waals surface area contributed by atoms with Crippen molar-refractivity contribution >= 4 is 0 Å². The third-order valence-corrected chi connectivity index (χ3v) is 0.348. The molecule has 0 aromatic carbocycles. The fourth-order valence-electron chi connectivity index (χ4n) is 0.224. The molecule has 11 heavy (non-hydrogen) atoms. The first-order valence-corrected chi connectivity index (χ1v) is 2.63. The van der Waals surface area contributed by atoms with Gasteiger partial charge in [0, 0.05) is 0 Å². The second-order valence-corrected chi connectivity index (χ2v) is 2.51. The molecule has 0 aromatic rings. The summed E-state index contributed by atoms with van der Waals surface area (Å²) >= 11 is 0. The lowest BCUT2D eigenvalue weighted by Crippen LogP contribution is -2.22. The van der Waals surface area contributed by atoms with Gasteiger partial charge in [0.2, 0.25) is 0 Å². The van der Waals surface area contributed by atoms with Crippen LogP contribution in [0.15, 0.2) is 5.34 Å². The van der Waals surface area contributed by atoms with Crippen molar-refractivity contribution in [3.05, 3.63) is 15.0 Å². The Balaban J connectivity index is 0. The monoisotopic (exact) mass is 166 g/mol. The van der Waals surface area contributed by atoms with Gasteiger partial charge >= 0.3 is 0 Å². The normalized spacial score (nSPS) is 9.00. The highest BCUT2D eigenvalue weighted by atomic mass is 17.0. The number of rotatable bonds is 1. The Hall–Kier alpha value is -1.40. The van der Waals surface area contributed by atoms with Crippen molar-refractivity contribution in [2.45, 2.75) is 26.4 Å². The van der Waals surface area contributed by atoms with Crippen molar-refractivity contribution in [1.29, 1.82) is 0 Å². The van der Waals surface area contributed by atoms with E-state index in [-0.39, 0.29) is 0 Å². The Morgan fingerprint density at radius 2 is 1.82 bits per heavy atom. The first-order valence-electron chi connectivity index (χ1n) is 2.63. The molecule has 66 valence electrons. The highest BCUT2D eigenvalue weighted by Gasteiger charge is 2.13. The van der Waals surface area contributed by atoms with Gasteiger partial charge in [-0.25, -0.2) is 0 Å². The minimum absolute atomic E-state index is 0.677. The molecule has 7 nitrogen and oxygen atoms in total. The molecule has 0 saturated carbocycles. The summed E-state index contributed by atoms with van der Waals surface area (Å²) in [5.41, 5.74) is -0.677.